The number of aryl methyl sites for hydroxylation is 1. The summed E-state index contributed by atoms with van der Waals surface area (Å²) in [6, 6.07) is 12.7. The second-order valence-corrected chi connectivity index (χ2v) is 13.1. The number of hydrogen-bond donors (Lipinski definition) is 3. The van der Waals surface area contributed by atoms with Crippen molar-refractivity contribution in [1.82, 2.24) is 20.3 Å². The van der Waals surface area contributed by atoms with Crippen LogP contribution in [0.4, 0.5) is 9.59 Å². The van der Waals surface area contributed by atoms with Crippen molar-refractivity contribution in [2.45, 2.75) is 83.5 Å². The highest BCUT2D eigenvalue weighted by molar-refractivity contribution is 7.90. The lowest BCUT2D eigenvalue weighted by atomic mass is 9.93. The number of Topliss-reactive ketones (excluding diaryl/α,β-unsaturated/α-hetero) is 1. The van der Waals surface area contributed by atoms with Crippen molar-refractivity contribution in [2.24, 2.45) is 5.41 Å². The van der Waals surface area contributed by atoms with Gasteiger partial charge in [0.05, 0.1) is 10.9 Å². The largest absolute Gasteiger partial charge is 0.425 e. The maximum atomic E-state index is 13.1. The minimum Gasteiger partial charge on any atom is -0.425 e. The van der Waals surface area contributed by atoms with Crippen LogP contribution in [0.2, 0.25) is 0 Å². The Bertz CT molecular complexity index is 1380. The van der Waals surface area contributed by atoms with Gasteiger partial charge in [-0.2, -0.15) is 0 Å². The molecule has 11 nitrogen and oxygen atoms in total. The van der Waals surface area contributed by atoms with E-state index < -0.39 is 57.6 Å². The zero-order valence-electron chi connectivity index (χ0n) is 24.7. The number of amides is 4. The van der Waals surface area contributed by atoms with Crippen LogP contribution >= 0.6 is 0 Å². The average molecular weight is 601 g/mol. The molecule has 42 heavy (non-hydrogen) atoms. The maximum Gasteiger partial charge on any atom is 0.409 e. The minimum atomic E-state index is -4.17. The Morgan fingerprint density at radius 2 is 1.67 bits per heavy atom. The predicted molar refractivity (Wildman–Crippen MR) is 157 cm³/mol. The molecule has 0 bridgehead atoms. The molecular formula is C30H40N4O7S. The summed E-state index contributed by atoms with van der Waals surface area (Å²) in [7, 11) is -4.17. The molecule has 0 radical (unpaired) electrons. The van der Waals surface area contributed by atoms with E-state index in [4.69, 9.17) is 4.74 Å². The molecule has 1 saturated heterocycles. The van der Waals surface area contributed by atoms with Crippen LogP contribution in [0.15, 0.2) is 59.5 Å². The van der Waals surface area contributed by atoms with E-state index in [1.807, 2.05) is 62.7 Å². The Hall–Kier alpha value is -3.93. The summed E-state index contributed by atoms with van der Waals surface area (Å²) in [6.45, 7) is 9.32. The predicted octanol–water partition coefficient (Wildman–Crippen LogP) is 4.18. The lowest BCUT2D eigenvalue weighted by molar-refractivity contribution is -0.139. The molecule has 0 aromatic heterocycles. The fourth-order valence-corrected chi connectivity index (χ4v) is 5.66. The van der Waals surface area contributed by atoms with Crippen LogP contribution in [-0.4, -0.2) is 55.9 Å². The third-order valence-corrected chi connectivity index (χ3v) is 8.39. The van der Waals surface area contributed by atoms with Crippen LogP contribution in [-0.2, 0) is 24.3 Å². The van der Waals surface area contributed by atoms with Crippen molar-refractivity contribution in [3.63, 3.8) is 0 Å². The summed E-state index contributed by atoms with van der Waals surface area (Å²) < 4.78 is 33.2. The monoisotopic (exact) mass is 600 g/mol. The molecule has 3 rings (SSSR count). The van der Waals surface area contributed by atoms with Gasteiger partial charge < -0.3 is 15.4 Å². The molecule has 3 atom stereocenters. The first-order chi connectivity index (χ1) is 19.7. The number of likely N-dealkylation sites (tertiary alicyclic amines) is 1. The number of nitrogens with zero attached hydrogens (tertiary/aromatic N) is 1. The molecule has 228 valence electrons. The summed E-state index contributed by atoms with van der Waals surface area (Å²) in [4.78, 5) is 52.9. The SMILES string of the molecule is CCCC[C@H](NC(=O)OC1CC(C)(C)CN1C(=O)NS(=O)(=O)c1ccc(C)cc1)C(=O)C(=O)N[C@H](C)c1ccccc1. The van der Waals surface area contributed by atoms with Crippen molar-refractivity contribution >= 4 is 33.8 Å². The van der Waals surface area contributed by atoms with E-state index in [0.29, 0.717) is 6.42 Å². The van der Waals surface area contributed by atoms with Gasteiger partial charge in [-0.1, -0.05) is 81.6 Å². The Morgan fingerprint density at radius 3 is 2.29 bits per heavy atom. The summed E-state index contributed by atoms with van der Waals surface area (Å²) in [5, 5.41) is 5.16. The van der Waals surface area contributed by atoms with Crippen molar-refractivity contribution in [3.05, 3.63) is 65.7 Å². The molecule has 3 N–H and O–H groups in total. The number of alkyl carbamates (subject to hydrolysis) is 1. The summed E-state index contributed by atoms with van der Waals surface area (Å²) >= 11 is 0. The zero-order valence-corrected chi connectivity index (χ0v) is 25.5. The van der Waals surface area contributed by atoms with Gasteiger partial charge in [0.2, 0.25) is 5.78 Å². The van der Waals surface area contributed by atoms with E-state index in [2.05, 4.69) is 10.6 Å². The zero-order chi connectivity index (χ0) is 31.1. The van der Waals surface area contributed by atoms with E-state index in [-0.39, 0.29) is 24.3 Å². The van der Waals surface area contributed by atoms with Gasteiger partial charge >= 0.3 is 12.1 Å². The molecule has 2 aromatic carbocycles. The van der Waals surface area contributed by atoms with Crippen molar-refractivity contribution in [2.75, 3.05) is 6.54 Å². The van der Waals surface area contributed by atoms with Gasteiger partial charge in [-0.25, -0.2) is 22.7 Å². The number of carbonyl (C=O) groups excluding carboxylic acids is 4. The fourth-order valence-electron chi connectivity index (χ4n) is 4.70. The second-order valence-electron chi connectivity index (χ2n) is 11.4. The fraction of sp³-hybridized carbons (Fsp3) is 0.467. The first-order valence-corrected chi connectivity index (χ1v) is 15.5. The van der Waals surface area contributed by atoms with Crippen LogP contribution < -0.4 is 15.4 Å². The van der Waals surface area contributed by atoms with Crippen molar-refractivity contribution in [1.29, 1.82) is 0 Å². The lowest BCUT2D eigenvalue weighted by Crippen LogP contribution is -2.51. The molecule has 1 unspecified atom stereocenters. The molecule has 1 aliphatic heterocycles. The van der Waals surface area contributed by atoms with Gasteiger partial charge in [-0.15, -0.1) is 0 Å². The van der Waals surface area contributed by atoms with Crippen LogP contribution in [0, 0.1) is 12.3 Å². The van der Waals surface area contributed by atoms with E-state index in [9.17, 15) is 27.6 Å². The number of rotatable bonds is 11. The maximum absolute atomic E-state index is 13.1. The molecule has 1 aliphatic rings. The average Bonchev–Trinajstić information content (AvgIpc) is 3.24. The smallest absolute Gasteiger partial charge is 0.409 e. The first kappa shape index (κ1) is 32.6. The topological polar surface area (TPSA) is 151 Å². The Balaban J connectivity index is 1.68. The number of nitrogens with one attached hydrogen (secondary N) is 3. The second kappa shape index (κ2) is 13.8. The number of benzene rings is 2. The molecule has 0 aliphatic carbocycles. The van der Waals surface area contributed by atoms with Crippen LogP contribution in [0.5, 0.6) is 0 Å². The Labute approximate surface area is 247 Å². The molecular weight excluding hydrogens is 560 g/mol. The number of ketones is 1. The number of carbonyl (C=O) groups is 4. The number of sulfonamides is 1. The summed E-state index contributed by atoms with van der Waals surface area (Å²) in [5.74, 6) is -1.65. The molecule has 2 aromatic rings. The molecule has 0 saturated carbocycles. The van der Waals surface area contributed by atoms with Crippen LogP contribution in [0.3, 0.4) is 0 Å². The summed E-state index contributed by atoms with van der Waals surface area (Å²) in [5.41, 5.74) is 1.20. The molecule has 1 fully saturated rings. The number of ether oxygens (including phenoxy) is 1. The van der Waals surface area contributed by atoms with Crippen molar-refractivity contribution < 1.29 is 32.3 Å². The van der Waals surface area contributed by atoms with Gasteiger partial charge in [0.25, 0.3) is 15.9 Å². The van der Waals surface area contributed by atoms with E-state index in [1.54, 1.807) is 19.1 Å². The quantitative estimate of drug-likeness (QED) is 0.327. The minimum absolute atomic E-state index is 0.0766. The highest BCUT2D eigenvalue weighted by Gasteiger charge is 2.43. The van der Waals surface area contributed by atoms with E-state index >= 15 is 0 Å². The van der Waals surface area contributed by atoms with Gasteiger partial charge in [-0.05, 0) is 43.4 Å². The standard InChI is InChI=1S/C30H40N4O7S/c1-6-7-13-24(26(35)27(36)31-21(3)22-11-9-8-10-12-22)32-29(38)41-25-18-30(4,5)19-34(25)28(37)33-42(39,40)23-16-14-20(2)15-17-23/h8-12,14-17,21,24-25H,6-7,13,18-19H2,1-5H3,(H,31,36)(H,32,38)(H,33,37)/t21-,24+,25?/m1/s1. The van der Waals surface area contributed by atoms with Gasteiger partial charge in [0.15, 0.2) is 6.23 Å². The van der Waals surface area contributed by atoms with E-state index in [0.717, 1.165) is 22.4 Å². The van der Waals surface area contributed by atoms with Gasteiger partial charge in [-0.3, -0.25) is 14.5 Å². The van der Waals surface area contributed by atoms with E-state index in [1.165, 1.54) is 12.1 Å². The van der Waals surface area contributed by atoms with Crippen molar-refractivity contribution in [3.8, 4) is 0 Å². The van der Waals surface area contributed by atoms with Crippen LogP contribution in [0.1, 0.15) is 70.5 Å². The third-order valence-electron chi connectivity index (χ3n) is 7.06. The van der Waals surface area contributed by atoms with Gasteiger partial charge in [0, 0.05) is 13.0 Å². The molecule has 0 spiro atoms. The van der Waals surface area contributed by atoms with Gasteiger partial charge in [0.1, 0.15) is 6.04 Å². The van der Waals surface area contributed by atoms with Crippen LogP contribution in [0.25, 0.3) is 0 Å². The molecule has 4 amide bonds. The number of unbranched alkanes of at least 4 members (excludes halogenated alkanes) is 1. The Morgan fingerprint density at radius 1 is 1.02 bits per heavy atom. The highest BCUT2D eigenvalue weighted by atomic mass is 32.2. The number of urea groups is 1. The normalized spacial score (nSPS) is 17.5. The first-order valence-electron chi connectivity index (χ1n) is 14.0. The number of hydrogen-bond acceptors (Lipinski definition) is 7. The highest BCUT2D eigenvalue weighted by Crippen LogP contribution is 2.34. The lowest BCUT2D eigenvalue weighted by Gasteiger charge is -2.26. The summed E-state index contributed by atoms with van der Waals surface area (Å²) in [6.07, 6.45) is -0.339. The third kappa shape index (κ3) is 8.78. The molecule has 12 heteroatoms. The molecule has 1 heterocycles. The Kier molecular flexibility index (Phi) is 10.7.